The number of rotatable bonds is 5. The average molecular weight is 416 g/mol. The van der Waals surface area contributed by atoms with Crippen LogP contribution in [0.4, 0.5) is 37.7 Å². The average Bonchev–Trinajstić information content (AvgIpc) is 2.66. The van der Waals surface area contributed by atoms with E-state index in [9.17, 15) is 26.3 Å². The summed E-state index contributed by atoms with van der Waals surface area (Å²) in [5, 5.41) is 22.4. The number of methoxy groups -OCH3 is 1. The molecule has 0 aromatic carbocycles. The molecular formula is C16H10F6N6O. The number of hydrogen-bond acceptors (Lipinski definition) is 7. The third-order valence-corrected chi connectivity index (χ3v) is 3.43. The zero-order valence-electron chi connectivity index (χ0n) is 14.4. The lowest BCUT2D eigenvalue weighted by atomic mass is 10.2. The number of aromatic nitrogens is 2. The molecule has 152 valence electrons. The van der Waals surface area contributed by atoms with E-state index in [0.29, 0.717) is 12.1 Å². The smallest absolute Gasteiger partial charge is 0.344 e. The van der Waals surface area contributed by atoms with Crippen molar-refractivity contribution in [2.75, 3.05) is 17.7 Å². The van der Waals surface area contributed by atoms with Gasteiger partial charge in [-0.05, 0) is 12.1 Å². The Hall–Kier alpha value is -3.58. The van der Waals surface area contributed by atoms with Gasteiger partial charge in [0.1, 0.15) is 12.1 Å². The summed E-state index contributed by atoms with van der Waals surface area (Å²) in [4.78, 5) is 6.81. The van der Waals surface area contributed by atoms with Crippen LogP contribution in [-0.2, 0) is 17.1 Å². The third kappa shape index (κ3) is 5.24. The molecule has 0 aliphatic carbocycles. The first-order chi connectivity index (χ1) is 13.5. The summed E-state index contributed by atoms with van der Waals surface area (Å²) in [6.45, 7) is 0. The van der Waals surface area contributed by atoms with Crippen LogP contribution in [0.2, 0.25) is 0 Å². The lowest BCUT2D eigenvalue weighted by Gasteiger charge is -2.21. The van der Waals surface area contributed by atoms with Gasteiger partial charge in [0.15, 0.2) is 11.4 Å². The maximum Gasteiger partial charge on any atom is 0.419 e. The minimum absolute atomic E-state index is 0.215. The molecule has 0 aliphatic rings. The normalized spacial score (nSPS) is 11.7. The van der Waals surface area contributed by atoms with Crippen LogP contribution in [-0.4, -0.2) is 23.4 Å². The van der Waals surface area contributed by atoms with E-state index in [-0.39, 0.29) is 11.4 Å². The number of nitrogens with zero attached hydrogens (tertiary/aromatic N) is 4. The summed E-state index contributed by atoms with van der Waals surface area (Å²) in [6.07, 6.45) is -9.12. The van der Waals surface area contributed by atoms with E-state index >= 15 is 0 Å². The summed E-state index contributed by atoms with van der Waals surface area (Å²) < 4.78 is 83.0. The molecule has 0 unspecified atom stereocenters. The molecule has 0 radical (unpaired) electrons. The number of ether oxygens (including phenoxy) is 1. The Bertz CT molecular complexity index is 898. The molecule has 13 heteroatoms. The molecule has 0 spiro atoms. The zero-order chi connectivity index (χ0) is 21.8. The van der Waals surface area contributed by atoms with Gasteiger partial charge in [-0.15, -0.1) is 0 Å². The number of alkyl halides is 6. The van der Waals surface area contributed by atoms with Crippen molar-refractivity contribution >= 4 is 11.4 Å². The minimum Gasteiger partial charge on any atom is -0.344 e. The third-order valence-electron chi connectivity index (χ3n) is 3.43. The molecule has 2 aromatic heterocycles. The number of hydrogen-bond donors (Lipinski definition) is 2. The Morgan fingerprint density at radius 2 is 1.24 bits per heavy atom. The summed E-state index contributed by atoms with van der Waals surface area (Å²) in [7, 11) is 1.13. The van der Waals surface area contributed by atoms with Gasteiger partial charge in [0.05, 0.1) is 34.9 Å². The van der Waals surface area contributed by atoms with Gasteiger partial charge in [-0.3, -0.25) is 0 Å². The van der Waals surface area contributed by atoms with Crippen LogP contribution in [0.25, 0.3) is 0 Å². The lowest BCUT2D eigenvalue weighted by molar-refractivity contribution is -0.138. The predicted octanol–water partition coefficient (Wildman–Crippen LogP) is 3.71. The van der Waals surface area contributed by atoms with E-state index in [1.807, 2.05) is 0 Å². The summed E-state index contributed by atoms with van der Waals surface area (Å²) in [5.74, 6) is 0. The van der Waals surface area contributed by atoms with Crippen LogP contribution in [0, 0.1) is 22.7 Å². The van der Waals surface area contributed by atoms with Crippen LogP contribution in [0.15, 0.2) is 24.5 Å². The molecule has 0 saturated heterocycles. The number of anilines is 2. The molecule has 0 aliphatic heterocycles. The highest BCUT2D eigenvalue weighted by molar-refractivity contribution is 5.53. The molecule has 0 amide bonds. The molecule has 0 saturated carbocycles. The summed E-state index contributed by atoms with van der Waals surface area (Å²) in [6, 6.07) is 3.86. The Morgan fingerprint density at radius 3 is 1.52 bits per heavy atom. The van der Waals surface area contributed by atoms with Crippen molar-refractivity contribution in [3.8, 4) is 12.1 Å². The van der Waals surface area contributed by atoms with Gasteiger partial charge in [-0.25, -0.2) is 9.97 Å². The maximum absolute atomic E-state index is 13.0. The van der Waals surface area contributed by atoms with Gasteiger partial charge in [-0.1, -0.05) is 0 Å². The molecule has 0 bridgehead atoms. The van der Waals surface area contributed by atoms with Crippen LogP contribution >= 0.6 is 0 Å². The highest BCUT2D eigenvalue weighted by Gasteiger charge is 2.36. The largest absolute Gasteiger partial charge is 0.419 e. The highest BCUT2D eigenvalue weighted by Crippen LogP contribution is 2.34. The SMILES string of the molecule is COC(Nc1cnc(C#N)c(C(F)(F)F)c1)Nc1cnc(C#N)c(C(F)(F)F)c1. The van der Waals surface area contributed by atoms with Crippen LogP contribution < -0.4 is 10.6 Å². The monoisotopic (exact) mass is 416 g/mol. The molecule has 2 rings (SSSR count). The zero-order valence-corrected chi connectivity index (χ0v) is 14.4. The number of pyridine rings is 2. The Kier molecular flexibility index (Phi) is 6.14. The van der Waals surface area contributed by atoms with E-state index < -0.39 is 41.2 Å². The number of nitriles is 2. The van der Waals surface area contributed by atoms with Gasteiger partial charge in [0.2, 0.25) is 6.35 Å². The Balaban J connectivity index is 2.29. The van der Waals surface area contributed by atoms with Crippen molar-refractivity contribution in [2.45, 2.75) is 18.7 Å². The molecule has 2 heterocycles. The fraction of sp³-hybridized carbons (Fsp3) is 0.250. The Morgan fingerprint density at radius 1 is 0.862 bits per heavy atom. The topological polar surface area (TPSA) is 107 Å². The van der Waals surface area contributed by atoms with E-state index in [4.69, 9.17) is 15.3 Å². The number of halogens is 6. The van der Waals surface area contributed by atoms with Gasteiger partial charge >= 0.3 is 12.4 Å². The first kappa shape index (κ1) is 21.7. The fourth-order valence-electron chi connectivity index (χ4n) is 2.15. The van der Waals surface area contributed by atoms with Gasteiger partial charge < -0.3 is 15.4 Å². The van der Waals surface area contributed by atoms with Crippen molar-refractivity contribution in [1.29, 1.82) is 10.5 Å². The van der Waals surface area contributed by atoms with E-state index in [1.165, 1.54) is 12.1 Å². The first-order valence-corrected chi connectivity index (χ1v) is 7.50. The van der Waals surface area contributed by atoms with Crippen molar-refractivity contribution in [3.05, 3.63) is 47.0 Å². The molecule has 2 aromatic rings. The first-order valence-electron chi connectivity index (χ1n) is 7.50. The van der Waals surface area contributed by atoms with Crippen molar-refractivity contribution in [3.63, 3.8) is 0 Å². The second kappa shape index (κ2) is 8.20. The molecule has 7 nitrogen and oxygen atoms in total. The molecular weight excluding hydrogens is 406 g/mol. The van der Waals surface area contributed by atoms with Crippen LogP contribution in [0.3, 0.4) is 0 Å². The van der Waals surface area contributed by atoms with Crippen LogP contribution in [0.1, 0.15) is 22.5 Å². The highest BCUT2D eigenvalue weighted by atomic mass is 19.4. The quantitative estimate of drug-likeness (QED) is 0.565. The van der Waals surface area contributed by atoms with E-state index in [2.05, 4.69) is 20.6 Å². The molecule has 2 N–H and O–H groups in total. The van der Waals surface area contributed by atoms with Gasteiger partial charge in [-0.2, -0.15) is 36.9 Å². The molecule has 29 heavy (non-hydrogen) atoms. The van der Waals surface area contributed by atoms with Gasteiger partial charge in [0, 0.05) is 7.11 Å². The maximum atomic E-state index is 13.0. The minimum atomic E-state index is -4.84. The van der Waals surface area contributed by atoms with E-state index in [0.717, 1.165) is 19.5 Å². The Labute approximate surface area is 159 Å². The standard InChI is InChI=1S/C16H10F6N6O/c1-29-14(27-8-2-10(15(17,18)19)12(4-23)25-6-8)28-9-3-11(16(20,21)22)13(5-24)26-7-9/h2-3,6-7,14,27-28H,1H3. The van der Waals surface area contributed by atoms with Crippen molar-refractivity contribution in [2.24, 2.45) is 0 Å². The number of nitrogens with one attached hydrogen (secondary N) is 2. The lowest BCUT2D eigenvalue weighted by Crippen LogP contribution is -2.31. The van der Waals surface area contributed by atoms with Crippen molar-refractivity contribution in [1.82, 2.24) is 9.97 Å². The molecule has 0 atom stereocenters. The second-order valence-corrected chi connectivity index (χ2v) is 5.36. The van der Waals surface area contributed by atoms with Gasteiger partial charge in [0.25, 0.3) is 0 Å². The fourth-order valence-corrected chi connectivity index (χ4v) is 2.15. The van der Waals surface area contributed by atoms with E-state index in [1.54, 1.807) is 0 Å². The second-order valence-electron chi connectivity index (χ2n) is 5.36. The predicted molar refractivity (Wildman–Crippen MR) is 86.0 cm³/mol. The van der Waals surface area contributed by atoms with Crippen molar-refractivity contribution < 1.29 is 31.1 Å². The van der Waals surface area contributed by atoms with Crippen LogP contribution in [0.5, 0.6) is 0 Å². The summed E-state index contributed by atoms with van der Waals surface area (Å²) in [5.41, 5.74) is -4.69. The molecule has 0 fully saturated rings. The summed E-state index contributed by atoms with van der Waals surface area (Å²) >= 11 is 0.